The van der Waals surface area contributed by atoms with E-state index in [1.54, 1.807) is 6.07 Å². The number of allylic oxidation sites excluding steroid dienone is 1. The molecular weight excluding hydrogens is 371 g/mol. The minimum atomic E-state index is -0.227. The highest BCUT2D eigenvalue weighted by atomic mass is 19.1. The van der Waals surface area contributed by atoms with Gasteiger partial charge in [0.15, 0.2) is 0 Å². The standard InChI is InChI=1S/C27H31FN2/c1-18(2)13-14-29-27-12-9-22(17-26(27)28)25-16-19(3)24(15-20(25)4)21-7-10-23(11-8-21)30(5)6/h7-13,15-17,29H,14H2,1-6H3. The first-order chi connectivity index (χ1) is 14.3. The summed E-state index contributed by atoms with van der Waals surface area (Å²) < 4.78 is 14.7. The van der Waals surface area contributed by atoms with E-state index >= 15 is 0 Å². The van der Waals surface area contributed by atoms with Gasteiger partial charge in [-0.25, -0.2) is 4.39 Å². The minimum absolute atomic E-state index is 0.227. The average molecular weight is 403 g/mol. The molecule has 0 amide bonds. The van der Waals surface area contributed by atoms with Crippen LogP contribution in [0.1, 0.15) is 25.0 Å². The van der Waals surface area contributed by atoms with E-state index < -0.39 is 0 Å². The molecule has 2 nitrogen and oxygen atoms in total. The van der Waals surface area contributed by atoms with Gasteiger partial charge in [0.1, 0.15) is 5.82 Å². The second-order valence-electron chi connectivity index (χ2n) is 8.28. The van der Waals surface area contributed by atoms with E-state index in [-0.39, 0.29) is 5.82 Å². The fourth-order valence-corrected chi connectivity index (χ4v) is 3.57. The Kier molecular flexibility index (Phi) is 6.61. The van der Waals surface area contributed by atoms with Gasteiger partial charge in [-0.1, -0.05) is 42.0 Å². The van der Waals surface area contributed by atoms with Crippen molar-refractivity contribution < 1.29 is 4.39 Å². The normalized spacial score (nSPS) is 10.6. The van der Waals surface area contributed by atoms with Crippen molar-refractivity contribution in [1.82, 2.24) is 0 Å². The molecule has 0 saturated carbocycles. The molecule has 3 aromatic carbocycles. The second kappa shape index (κ2) is 9.17. The Hall–Kier alpha value is -3.07. The summed E-state index contributed by atoms with van der Waals surface area (Å²) in [7, 11) is 4.08. The molecule has 3 aromatic rings. The van der Waals surface area contributed by atoms with Crippen molar-refractivity contribution in [3.8, 4) is 22.3 Å². The highest BCUT2D eigenvalue weighted by Gasteiger charge is 2.11. The van der Waals surface area contributed by atoms with Gasteiger partial charge in [-0.3, -0.25) is 0 Å². The maximum absolute atomic E-state index is 14.7. The SMILES string of the molecule is CC(C)=CCNc1ccc(-c2cc(C)c(-c3ccc(N(C)C)cc3)cc2C)cc1F. The fraction of sp³-hybridized carbons (Fsp3) is 0.259. The minimum Gasteiger partial charge on any atom is -0.379 e. The average Bonchev–Trinajstić information content (AvgIpc) is 2.70. The van der Waals surface area contributed by atoms with Crippen LogP contribution < -0.4 is 10.2 Å². The Morgan fingerprint density at radius 3 is 1.97 bits per heavy atom. The van der Waals surface area contributed by atoms with Crippen LogP contribution in [0.4, 0.5) is 15.8 Å². The summed E-state index contributed by atoms with van der Waals surface area (Å²) in [6.45, 7) is 8.90. The van der Waals surface area contributed by atoms with Gasteiger partial charge in [0.2, 0.25) is 0 Å². The second-order valence-corrected chi connectivity index (χ2v) is 8.28. The number of hydrogen-bond donors (Lipinski definition) is 1. The highest BCUT2D eigenvalue weighted by Crippen LogP contribution is 2.33. The van der Waals surface area contributed by atoms with Crippen LogP contribution in [0.2, 0.25) is 0 Å². The van der Waals surface area contributed by atoms with Gasteiger partial charge in [0, 0.05) is 26.3 Å². The van der Waals surface area contributed by atoms with Gasteiger partial charge in [-0.15, -0.1) is 0 Å². The molecule has 0 radical (unpaired) electrons. The zero-order chi connectivity index (χ0) is 21.8. The van der Waals surface area contributed by atoms with Crippen molar-refractivity contribution in [1.29, 1.82) is 0 Å². The van der Waals surface area contributed by atoms with Crippen molar-refractivity contribution in [2.24, 2.45) is 0 Å². The zero-order valence-electron chi connectivity index (χ0n) is 18.8. The van der Waals surface area contributed by atoms with Crippen LogP contribution in [-0.4, -0.2) is 20.6 Å². The number of aryl methyl sites for hydroxylation is 2. The van der Waals surface area contributed by atoms with Gasteiger partial charge in [0.25, 0.3) is 0 Å². The molecule has 0 bridgehead atoms. The van der Waals surface area contributed by atoms with Gasteiger partial charge < -0.3 is 10.2 Å². The summed E-state index contributed by atoms with van der Waals surface area (Å²) in [6.07, 6.45) is 2.05. The van der Waals surface area contributed by atoms with Crippen molar-refractivity contribution in [3.63, 3.8) is 0 Å². The van der Waals surface area contributed by atoms with Crippen molar-refractivity contribution in [2.75, 3.05) is 30.9 Å². The number of nitrogens with one attached hydrogen (secondary N) is 1. The molecule has 0 aliphatic rings. The van der Waals surface area contributed by atoms with Crippen LogP contribution in [0, 0.1) is 19.7 Å². The first-order valence-electron chi connectivity index (χ1n) is 10.3. The number of rotatable bonds is 6. The smallest absolute Gasteiger partial charge is 0.146 e. The van der Waals surface area contributed by atoms with E-state index in [9.17, 15) is 4.39 Å². The molecule has 30 heavy (non-hydrogen) atoms. The van der Waals surface area contributed by atoms with Crippen LogP contribution in [0.5, 0.6) is 0 Å². The number of benzene rings is 3. The van der Waals surface area contributed by atoms with Crippen molar-refractivity contribution >= 4 is 11.4 Å². The Bertz CT molecular complexity index is 1060. The number of halogens is 1. The number of nitrogens with zero attached hydrogens (tertiary/aromatic N) is 1. The summed E-state index contributed by atoms with van der Waals surface area (Å²) in [5.74, 6) is -0.227. The molecule has 0 saturated heterocycles. The quantitative estimate of drug-likeness (QED) is 0.438. The monoisotopic (exact) mass is 402 g/mol. The summed E-state index contributed by atoms with van der Waals surface area (Å²) in [5.41, 5.74) is 9.60. The maximum atomic E-state index is 14.7. The highest BCUT2D eigenvalue weighted by molar-refractivity contribution is 5.77. The van der Waals surface area contributed by atoms with E-state index in [0.29, 0.717) is 12.2 Å². The molecule has 0 heterocycles. The fourth-order valence-electron chi connectivity index (χ4n) is 3.57. The molecule has 0 aromatic heterocycles. The largest absolute Gasteiger partial charge is 0.379 e. The van der Waals surface area contributed by atoms with Gasteiger partial charge >= 0.3 is 0 Å². The lowest BCUT2D eigenvalue weighted by atomic mass is 9.91. The molecule has 0 aliphatic heterocycles. The summed E-state index contributed by atoms with van der Waals surface area (Å²) >= 11 is 0. The van der Waals surface area contributed by atoms with Gasteiger partial charge in [-0.05, 0) is 85.3 Å². The van der Waals surface area contributed by atoms with Crippen LogP contribution in [-0.2, 0) is 0 Å². The lowest BCUT2D eigenvalue weighted by molar-refractivity contribution is 0.631. The van der Waals surface area contributed by atoms with E-state index in [4.69, 9.17) is 0 Å². The van der Waals surface area contributed by atoms with Crippen LogP contribution in [0.15, 0.2) is 66.2 Å². The van der Waals surface area contributed by atoms with Gasteiger partial charge in [0.05, 0.1) is 5.69 Å². The topological polar surface area (TPSA) is 15.3 Å². The zero-order valence-corrected chi connectivity index (χ0v) is 18.8. The maximum Gasteiger partial charge on any atom is 0.146 e. The van der Waals surface area contributed by atoms with E-state index in [1.807, 2.05) is 46.2 Å². The summed E-state index contributed by atoms with van der Waals surface area (Å²) in [6, 6.07) is 18.4. The molecular formula is C27H31FN2. The van der Waals surface area contributed by atoms with E-state index in [2.05, 4.69) is 60.5 Å². The van der Waals surface area contributed by atoms with Crippen LogP contribution in [0.25, 0.3) is 22.3 Å². The Labute approximate surface area is 180 Å². The molecule has 0 atom stereocenters. The first-order valence-corrected chi connectivity index (χ1v) is 10.3. The van der Waals surface area contributed by atoms with E-state index in [1.165, 1.54) is 28.0 Å². The van der Waals surface area contributed by atoms with E-state index in [0.717, 1.165) is 16.7 Å². The van der Waals surface area contributed by atoms with Gasteiger partial charge in [-0.2, -0.15) is 0 Å². The summed E-state index contributed by atoms with van der Waals surface area (Å²) in [5, 5.41) is 3.14. The lowest BCUT2D eigenvalue weighted by Gasteiger charge is -2.16. The molecule has 156 valence electrons. The number of anilines is 2. The lowest BCUT2D eigenvalue weighted by Crippen LogP contribution is -2.07. The third kappa shape index (κ3) is 4.91. The third-order valence-corrected chi connectivity index (χ3v) is 5.35. The number of hydrogen-bond acceptors (Lipinski definition) is 2. The molecule has 0 fully saturated rings. The predicted molar refractivity (Wildman–Crippen MR) is 129 cm³/mol. The van der Waals surface area contributed by atoms with Crippen LogP contribution in [0.3, 0.4) is 0 Å². The van der Waals surface area contributed by atoms with Crippen molar-refractivity contribution in [2.45, 2.75) is 27.7 Å². The summed E-state index contributed by atoms with van der Waals surface area (Å²) in [4.78, 5) is 2.09. The van der Waals surface area contributed by atoms with Crippen LogP contribution >= 0.6 is 0 Å². The molecule has 0 aliphatic carbocycles. The Balaban J connectivity index is 1.89. The molecule has 0 unspecified atom stereocenters. The van der Waals surface area contributed by atoms with Crippen molar-refractivity contribution in [3.05, 3.63) is 83.2 Å². The molecule has 1 N–H and O–H groups in total. The Morgan fingerprint density at radius 1 is 0.867 bits per heavy atom. The first kappa shape index (κ1) is 21.6. The molecule has 0 spiro atoms. The third-order valence-electron chi connectivity index (χ3n) is 5.35. The predicted octanol–water partition coefficient (Wildman–Crippen LogP) is 7.22. The Morgan fingerprint density at radius 2 is 1.43 bits per heavy atom. The molecule has 3 heteroatoms. The molecule has 3 rings (SSSR count).